The number of aliphatic hydroxyl groups excluding tert-OH is 1. The molecule has 0 fully saturated rings. The molecule has 28 heavy (non-hydrogen) atoms. The smallest absolute Gasteiger partial charge is 0.327 e. The number of hydrogen-bond acceptors (Lipinski definition) is 8. The van der Waals surface area contributed by atoms with E-state index in [1.54, 1.807) is 0 Å². The number of nitrogens with one attached hydrogen (secondary N) is 3. The van der Waals surface area contributed by atoms with E-state index in [0.717, 1.165) is 0 Å². The van der Waals surface area contributed by atoms with Gasteiger partial charge in [0.15, 0.2) is 0 Å². The quantitative estimate of drug-likeness (QED) is 0.147. The van der Waals surface area contributed by atoms with Crippen LogP contribution in [0, 0.1) is 0 Å². The van der Waals surface area contributed by atoms with Gasteiger partial charge < -0.3 is 37.6 Å². The van der Waals surface area contributed by atoms with Crippen LogP contribution in [0.5, 0.6) is 0 Å². The van der Waals surface area contributed by atoms with Crippen molar-refractivity contribution in [2.75, 3.05) is 5.75 Å². The van der Waals surface area contributed by atoms with E-state index in [0.29, 0.717) is 0 Å². The number of carbonyl (C=O) groups excluding carboxylic acids is 4. The van der Waals surface area contributed by atoms with Gasteiger partial charge in [-0.1, -0.05) is 0 Å². The van der Waals surface area contributed by atoms with Crippen LogP contribution in [0.15, 0.2) is 0 Å². The number of rotatable bonds is 12. The normalized spacial score (nSPS) is 16.0. The molecule has 0 aromatic carbocycles. The van der Waals surface area contributed by atoms with Crippen LogP contribution >= 0.6 is 12.6 Å². The topological polar surface area (TPSA) is 214 Å². The average Bonchev–Trinajstić information content (AvgIpc) is 2.60. The third-order valence-electron chi connectivity index (χ3n) is 3.68. The third kappa shape index (κ3) is 9.01. The van der Waals surface area contributed by atoms with Gasteiger partial charge in [-0.05, 0) is 20.3 Å². The second-order valence-corrected chi connectivity index (χ2v) is 6.51. The summed E-state index contributed by atoms with van der Waals surface area (Å²) in [4.78, 5) is 58.3. The number of aliphatic hydroxyl groups is 1. The van der Waals surface area contributed by atoms with Crippen LogP contribution in [0.25, 0.3) is 0 Å². The number of carboxylic acids is 1. The highest BCUT2D eigenvalue weighted by Crippen LogP contribution is 2.01. The number of amides is 4. The molecule has 0 saturated heterocycles. The van der Waals surface area contributed by atoms with Crippen LogP contribution < -0.4 is 27.4 Å². The molecule has 0 saturated carbocycles. The maximum Gasteiger partial charge on any atom is 0.327 e. The highest BCUT2D eigenvalue weighted by atomic mass is 32.1. The predicted molar refractivity (Wildman–Crippen MR) is 101 cm³/mol. The Morgan fingerprint density at radius 1 is 0.964 bits per heavy atom. The predicted octanol–water partition coefficient (Wildman–Crippen LogP) is -3.55. The highest BCUT2D eigenvalue weighted by molar-refractivity contribution is 7.80. The molecule has 0 rings (SSSR count). The Labute approximate surface area is 167 Å². The number of hydrogen-bond donors (Lipinski definition) is 8. The third-order valence-corrected chi connectivity index (χ3v) is 4.05. The Morgan fingerprint density at radius 3 is 1.93 bits per heavy atom. The van der Waals surface area contributed by atoms with Crippen molar-refractivity contribution in [3.63, 3.8) is 0 Å². The van der Waals surface area contributed by atoms with Gasteiger partial charge >= 0.3 is 5.97 Å². The van der Waals surface area contributed by atoms with Crippen LogP contribution in [0.2, 0.25) is 0 Å². The molecule has 0 bridgehead atoms. The van der Waals surface area contributed by atoms with Crippen LogP contribution in [0.4, 0.5) is 0 Å². The van der Waals surface area contributed by atoms with Gasteiger partial charge in [-0.3, -0.25) is 19.2 Å². The van der Waals surface area contributed by atoms with Gasteiger partial charge in [-0.25, -0.2) is 4.79 Å². The molecular formula is C15H27N5O7S. The second kappa shape index (κ2) is 12.2. The standard InChI is InChI=1S/C15H27N5O7S/c1-6(12(23)20-9(5-28)15(26)27)18-13(24)8(3-4-10(16)22)19-14(25)11(17)7(2)21/h6-9,11,21,28H,3-5,17H2,1-2H3,(H2,16,22)(H,18,24)(H,19,25)(H,20,23)(H,26,27). The van der Waals surface area contributed by atoms with E-state index >= 15 is 0 Å². The number of aliphatic carboxylic acids is 1. The zero-order valence-corrected chi connectivity index (χ0v) is 16.4. The van der Waals surface area contributed by atoms with E-state index in [4.69, 9.17) is 16.6 Å². The molecule has 0 aromatic rings. The van der Waals surface area contributed by atoms with E-state index in [9.17, 15) is 29.1 Å². The fraction of sp³-hybridized carbons (Fsp3) is 0.667. The molecule has 5 atom stereocenters. The van der Waals surface area contributed by atoms with Gasteiger partial charge in [0.2, 0.25) is 23.6 Å². The Balaban J connectivity index is 5.06. The van der Waals surface area contributed by atoms with Crippen molar-refractivity contribution >= 4 is 42.2 Å². The molecule has 5 unspecified atom stereocenters. The summed E-state index contributed by atoms with van der Waals surface area (Å²) in [7, 11) is 0. The largest absolute Gasteiger partial charge is 0.480 e. The van der Waals surface area contributed by atoms with Crippen molar-refractivity contribution in [1.82, 2.24) is 16.0 Å². The minimum Gasteiger partial charge on any atom is -0.480 e. The summed E-state index contributed by atoms with van der Waals surface area (Å²) in [5.41, 5.74) is 10.6. The van der Waals surface area contributed by atoms with Crippen molar-refractivity contribution in [3.05, 3.63) is 0 Å². The Morgan fingerprint density at radius 2 is 1.50 bits per heavy atom. The first-order chi connectivity index (χ1) is 12.9. The maximum atomic E-state index is 12.4. The highest BCUT2D eigenvalue weighted by Gasteiger charge is 2.29. The summed E-state index contributed by atoms with van der Waals surface area (Å²) in [6.07, 6.45) is -1.58. The first-order valence-corrected chi connectivity index (χ1v) is 9.00. The van der Waals surface area contributed by atoms with Crippen LogP contribution in [-0.4, -0.2) is 75.8 Å². The summed E-state index contributed by atoms with van der Waals surface area (Å²) in [6, 6.07) is -4.95. The molecular weight excluding hydrogens is 394 g/mol. The van der Waals surface area contributed by atoms with E-state index in [-0.39, 0.29) is 18.6 Å². The number of thiol groups is 1. The average molecular weight is 421 g/mol. The molecule has 160 valence electrons. The van der Waals surface area contributed by atoms with Crippen LogP contribution in [0.1, 0.15) is 26.7 Å². The molecule has 0 spiro atoms. The van der Waals surface area contributed by atoms with Crippen molar-refractivity contribution in [2.45, 2.75) is 57.0 Å². The lowest BCUT2D eigenvalue weighted by Gasteiger charge is -2.23. The Hall–Kier alpha value is -2.38. The first kappa shape index (κ1) is 25.6. The molecule has 4 amide bonds. The fourth-order valence-corrected chi connectivity index (χ4v) is 2.15. The lowest BCUT2D eigenvalue weighted by Crippen LogP contribution is -2.57. The van der Waals surface area contributed by atoms with Gasteiger partial charge in [0.25, 0.3) is 0 Å². The molecule has 0 aliphatic heterocycles. The number of nitrogens with two attached hydrogens (primary N) is 2. The Kier molecular flexibility index (Phi) is 11.1. The van der Waals surface area contributed by atoms with Gasteiger partial charge in [0, 0.05) is 12.2 Å². The minimum absolute atomic E-state index is 0.156. The summed E-state index contributed by atoms with van der Waals surface area (Å²) in [5, 5.41) is 25.1. The molecule has 12 nitrogen and oxygen atoms in total. The fourth-order valence-electron chi connectivity index (χ4n) is 1.90. The number of carbonyl (C=O) groups is 5. The van der Waals surface area contributed by atoms with Crippen molar-refractivity contribution in [2.24, 2.45) is 11.5 Å². The number of carboxylic acid groups (broad SMARTS) is 1. The number of primary amides is 1. The summed E-state index contributed by atoms with van der Waals surface area (Å²) in [6.45, 7) is 2.59. The van der Waals surface area contributed by atoms with Crippen molar-refractivity contribution in [1.29, 1.82) is 0 Å². The van der Waals surface area contributed by atoms with E-state index in [2.05, 4.69) is 28.6 Å². The lowest BCUT2D eigenvalue weighted by molar-refractivity contribution is -0.141. The molecule has 0 radical (unpaired) electrons. The van der Waals surface area contributed by atoms with Gasteiger partial charge in [0.05, 0.1) is 6.10 Å². The molecule has 0 aliphatic rings. The van der Waals surface area contributed by atoms with Crippen molar-refractivity contribution in [3.8, 4) is 0 Å². The molecule has 0 aromatic heterocycles. The van der Waals surface area contributed by atoms with Crippen molar-refractivity contribution < 1.29 is 34.2 Å². The zero-order valence-electron chi connectivity index (χ0n) is 15.5. The summed E-state index contributed by atoms with van der Waals surface area (Å²) >= 11 is 3.81. The molecule has 0 aliphatic carbocycles. The summed E-state index contributed by atoms with van der Waals surface area (Å²) in [5.74, 6) is -4.59. The van der Waals surface area contributed by atoms with Gasteiger partial charge in [0.1, 0.15) is 24.2 Å². The van der Waals surface area contributed by atoms with E-state index in [1.165, 1.54) is 13.8 Å². The monoisotopic (exact) mass is 421 g/mol. The lowest BCUT2D eigenvalue weighted by atomic mass is 10.1. The zero-order chi connectivity index (χ0) is 22.0. The minimum atomic E-state index is -1.31. The molecule has 0 heterocycles. The van der Waals surface area contributed by atoms with Gasteiger partial charge in [-0.15, -0.1) is 0 Å². The van der Waals surface area contributed by atoms with Gasteiger partial charge in [-0.2, -0.15) is 12.6 Å². The maximum absolute atomic E-state index is 12.4. The molecule has 9 N–H and O–H groups in total. The first-order valence-electron chi connectivity index (χ1n) is 8.37. The molecule has 13 heteroatoms. The SMILES string of the molecule is CC(NC(=O)C(CCC(N)=O)NC(=O)C(N)C(C)O)C(=O)NC(CS)C(=O)O. The summed E-state index contributed by atoms with van der Waals surface area (Å²) < 4.78 is 0. The van der Waals surface area contributed by atoms with Crippen LogP contribution in [-0.2, 0) is 24.0 Å². The van der Waals surface area contributed by atoms with E-state index in [1.807, 2.05) is 0 Å². The van der Waals surface area contributed by atoms with Crippen LogP contribution in [0.3, 0.4) is 0 Å². The van der Waals surface area contributed by atoms with E-state index < -0.39 is 59.9 Å². The second-order valence-electron chi connectivity index (χ2n) is 6.14. The Bertz CT molecular complexity index is 601.